The zero-order chi connectivity index (χ0) is 10.4. The molecule has 1 unspecified atom stereocenters. The van der Waals surface area contributed by atoms with Crippen molar-refractivity contribution < 1.29 is 9.53 Å². The smallest absolute Gasteiger partial charge is 0.223 e. The number of ether oxygens (including phenoxy) is 1. The first-order chi connectivity index (χ1) is 6.79. The van der Waals surface area contributed by atoms with Crippen molar-refractivity contribution in [2.45, 2.75) is 32.2 Å². The van der Waals surface area contributed by atoms with Gasteiger partial charge in [-0.25, -0.2) is 0 Å². The van der Waals surface area contributed by atoms with E-state index in [-0.39, 0.29) is 11.9 Å². The standard InChI is InChI=1S/C10H18BrNO2/c1-2-3-4-10(13)12-5-6-14-8-9(12)7-11/h9H,2-8H2,1H3. The quantitative estimate of drug-likeness (QED) is 0.725. The van der Waals surface area contributed by atoms with Crippen LogP contribution >= 0.6 is 15.9 Å². The lowest BCUT2D eigenvalue weighted by molar-refractivity contribution is -0.138. The molecule has 1 aliphatic rings. The van der Waals surface area contributed by atoms with Gasteiger partial charge in [-0.1, -0.05) is 29.3 Å². The summed E-state index contributed by atoms with van der Waals surface area (Å²) in [5.74, 6) is 0.277. The van der Waals surface area contributed by atoms with Crippen LogP contribution in [-0.2, 0) is 9.53 Å². The number of morpholine rings is 1. The first-order valence-corrected chi connectivity index (χ1v) is 6.35. The van der Waals surface area contributed by atoms with Crippen LogP contribution in [-0.4, -0.2) is 41.9 Å². The van der Waals surface area contributed by atoms with Gasteiger partial charge >= 0.3 is 0 Å². The monoisotopic (exact) mass is 263 g/mol. The summed E-state index contributed by atoms with van der Waals surface area (Å²) < 4.78 is 5.33. The van der Waals surface area contributed by atoms with Crippen LogP contribution in [0.1, 0.15) is 26.2 Å². The molecule has 3 nitrogen and oxygen atoms in total. The van der Waals surface area contributed by atoms with Gasteiger partial charge in [-0.05, 0) is 6.42 Å². The molecule has 14 heavy (non-hydrogen) atoms. The highest BCUT2D eigenvalue weighted by atomic mass is 79.9. The second-order valence-electron chi connectivity index (χ2n) is 3.57. The molecule has 0 spiro atoms. The number of rotatable bonds is 4. The Morgan fingerprint density at radius 2 is 2.43 bits per heavy atom. The van der Waals surface area contributed by atoms with E-state index >= 15 is 0 Å². The molecule has 0 aromatic carbocycles. The van der Waals surface area contributed by atoms with Gasteiger partial charge in [0.15, 0.2) is 0 Å². The van der Waals surface area contributed by atoms with Gasteiger partial charge in [-0.2, -0.15) is 0 Å². The lowest BCUT2D eigenvalue weighted by Gasteiger charge is -2.34. The van der Waals surface area contributed by atoms with Crippen LogP contribution in [0.5, 0.6) is 0 Å². The van der Waals surface area contributed by atoms with E-state index in [0.29, 0.717) is 19.6 Å². The average molecular weight is 264 g/mol. The first-order valence-electron chi connectivity index (χ1n) is 5.22. The molecule has 1 rings (SSSR count). The average Bonchev–Trinajstić information content (AvgIpc) is 2.25. The second kappa shape index (κ2) is 6.40. The van der Waals surface area contributed by atoms with Crippen LogP contribution in [0.2, 0.25) is 0 Å². The molecular formula is C10H18BrNO2. The Balaban J connectivity index is 2.41. The number of unbranched alkanes of at least 4 members (excludes halogenated alkanes) is 1. The molecule has 0 bridgehead atoms. The molecule has 1 amide bonds. The van der Waals surface area contributed by atoms with Crippen molar-refractivity contribution in [3.8, 4) is 0 Å². The predicted octanol–water partition coefficient (Wildman–Crippen LogP) is 1.80. The summed E-state index contributed by atoms with van der Waals surface area (Å²) >= 11 is 3.41. The molecule has 1 heterocycles. The summed E-state index contributed by atoms with van der Waals surface area (Å²) in [5, 5.41) is 0.810. The molecule has 1 aliphatic heterocycles. The van der Waals surface area contributed by atoms with E-state index in [1.165, 1.54) is 0 Å². The number of nitrogens with zero attached hydrogens (tertiary/aromatic N) is 1. The van der Waals surface area contributed by atoms with Crippen molar-refractivity contribution in [3.05, 3.63) is 0 Å². The van der Waals surface area contributed by atoms with Crippen LogP contribution in [0.4, 0.5) is 0 Å². The second-order valence-corrected chi connectivity index (χ2v) is 4.22. The van der Waals surface area contributed by atoms with Crippen molar-refractivity contribution >= 4 is 21.8 Å². The fraction of sp³-hybridized carbons (Fsp3) is 0.900. The number of hydrogen-bond donors (Lipinski definition) is 0. The molecule has 0 aromatic heterocycles. The van der Waals surface area contributed by atoms with E-state index in [1.54, 1.807) is 0 Å². The number of amides is 1. The minimum Gasteiger partial charge on any atom is -0.377 e. The van der Waals surface area contributed by atoms with Crippen molar-refractivity contribution in [2.24, 2.45) is 0 Å². The molecule has 0 N–H and O–H groups in total. The van der Waals surface area contributed by atoms with Crippen molar-refractivity contribution in [3.63, 3.8) is 0 Å². The van der Waals surface area contributed by atoms with Crippen molar-refractivity contribution in [2.75, 3.05) is 25.1 Å². The fourth-order valence-electron chi connectivity index (χ4n) is 1.58. The highest BCUT2D eigenvalue weighted by Gasteiger charge is 2.25. The Kier molecular flexibility index (Phi) is 5.48. The minimum atomic E-state index is 0.230. The van der Waals surface area contributed by atoms with Crippen molar-refractivity contribution in [1.82, 2.24) is 4.90 Å². The van der Waals surface area contributed by atoms with Crippen LogP contribution < -0.4 is 0 Å². The summed E-state index contributed by atoms with van der Waals surface area (Å²) in [7, 11) is 0. The van der Waals surface area contributed by atoms with Crippen LogP contribution in [0.3, 0.4) is 0 Å². The summed E-state index contributed by atoms with van der Waals surface area (Å²) in [6.07, 6.45) is 2.75. The van der Waals surface area contributed by atoms with Crippen LogP contribution in [0.15, 0.2) is 0 Å². The third-order valence-corrected chi connectivity index (χ3v) is 3.22. The minimum absolute atomic E-state index is 0.230. The highest BCUT2D eigenvalue weighted by Crippen LogP contribution is 2.12. The van der Waals surface area contributed by atoms with E-state index < -0.39 is 0 Å². The molecule has 1 atom stereocenters. The third-order valence-electron chi connectivity index (χ3n) is 2.47. The molecule has 82 valence electrons. The van der Waals surface area contributed by atoms with Gasteiger partial charge in [0.05, 0.1) is 19.3 Å². The number of alkyl halides is 1. The maximum Gasteiger partial charge on any atom is 0.223 e. The number of carbonyl (C=O) groups is 1. The molecule has 4 heteroatoms. The predicted molar refractivity (Wildman–Crippen MR) is 59.6 cm³/mol. The lowest BCUT2D eigenvalue weighted by atomic mass is 10.2. The third kappa shape index (κ3) is 3.24. The zero-order valence-electron chi connectivity index (χ0n) is 8.67. The number of carbonyl (C=O) groups excluding carboxylic acids is 1. The van der Waals surface area contributed by atoms with Gasteiger partial charge in [0, 0.05) is 18.3 Å². The summed E-state index contributed by atoms with van der Waals surface area (Å²) in [6.45, 7) is 4.21. The van der Waals surface area contributed by atoms with E-state index in [2.05, 4.69) is 22.9 Å². The number of halogens is 1. The van der Waals surface area contributed by atoms with Gasteiger partial charge in [0.1, 0.15) is 0 Å². The SMILES string of the molecule is CCCCC(=O)N1CCOCC1CBr. The Morgan fingerprint density at radius 1 is 1.64 bits per heavy atom. The molecule has 0 saturated carbocycles. The molecule has 0 radical (unpaired) electrons. The Bertz CT molecular complexity index is 187. The largest absolute Gasteiger partial charge is 0.377 e. The first kappa shape index (κ1) is 12.0. The molecular weight excluding hydrogens is 246 g/mol. The highest BCUT2D eigenvalue weighted by molar-refractivity contribution is 9.09. The van der Waals surface area contributed by atoms with E-state index in [0.717, 1.165) is 24.7 Å². The Morgan fingerprint density at radius 3 is 3.07 bits per heavy atom. The Labute approximate surface area is 93.9 Å². The van der Waals surface area contributed by atoms with E-state index in [4.69, 9.17) is 4.74 Å². The Hall–Kier alpha value is -0.0900. The van der Waals surface area contributed by atoms with E-state index in [9.17, 15) is 4.79 Å². The lowest BCUT2D eigenvalue weighted by Crippen LogP contribution is -2.49. The molecule has 1 fully saturated rings. The van der Waals surface area contributed by atoms with Gasteiger partial charge in [-0.15, -0.1) is 0 Å². The fourth-order valence-corrected chi connectivity index (χ4v) is 2.12. The maximum atomic E-state index is 11.8. The topological polar surface area (TPSA) is 29.5 Å². The molecule has 0 aliphatic carbocycles. The van der Waals surface area contributed by atoms with Gasteiger partial charge in [-0.3, -0.25) is 4.79 Å². The molecule has 1 saturated heterocycles. The van der Waals surface area contributed by atoms with Gasteiger partial charge < -0.3 is 9.64 Å². The summed E-state index contributed by atoms with van der Waals surface area (Å²) in [6, 6.07) is 0.230. The number of hydrogen-bond acceptors (Lipinski definition) is 2. The van der Waals surface area contributed by atoms with Gasteiger partial charge in [0.25, 0.3) is 0 Å². The molecule has 0 aromatic rings. The zero-order valence-corrected chi connectivity index (χ0v) is 10.3. The van der Waals surface area contributed by atoms with Crippen molar-refractivity contribution in [1.29, 1.82) is 0 Å². The van der Waals surface area contributed by atoms with Crippen LogP contribution in [0.25, 0.3) is 0 Å². The van der Waals surface area contributed by atoms with Crippen LogP contribution in [0, 0.1) is 0 Å². The van der Waals surface area contributed by atoms with Gasteiger partial charge in [0.2, 0.25) is 5.91 Å². The van der Waals surface area contributed by atoms with E-state index in [1.807, 2.05) is 4.90 Å². The summed E-state index contributed by atoms with van der Waals surface area (Å²) in [4.78, 5) is 13.7. The maximum absolute atomic E-state index is 11.8. The normalized spacial score (nSPS) is 22.4. The summed E-state index contributed by atoms with van der Waals surface area (Å²) in [5.41, 5.74) is 0.